The highest BCUT2D eigenvalue weighted by atomic mass is 32.1. The minimum Gasteiger partial charge on any atom is -0.481 e. The number of carbonyl (C=O) groups is 1. The van der Waals surface area contributed by atoms with Crippen molar-refractivity contribution < 1.29 is 9.90 Å². The number of thiazole rings is 1. The van der Waals surface area contributed by atoms with Crippen molar-refractivity contribution in [3.8, 4) is 0 Å². The number of carboxylic acids is 1. The van der Waals surface area contributed by atoms with Gasteiger partial charge >= 0.3 is 5.97 Å². The zero-order valence-electron chi connectivity index (χ0n) is 12.0. The summed E-state index contributed by atoms with van der Waals surface area (Å²) < 4.78 is 0. The molecule has 106 valence electrons. The zero-order chi connectivity index (χ0) is 14.0. The molecule has 1 fully saturated rings. The molecule has 1 aliphatic rings. The number of hydrogen-bond acceptors (Lipinski definition) is 3. The van der Waals surface area contributed by atoms with Crippen LogP contribution in [0.2, 0.25) is 0 Å². The van der Waals surface area contributed by atoms with Gasteiger partial charge in [-0.25, -0.2) is 4.98 Å². The molecule has 3 nitrogen and oxygen atoms in total. The van der Waals surface area contributed by atoms with Gasteiger partial charge in [0, 0.05) is 11.3 Å². The SMILES string of the molecule is CCC(CC)(C(=O)O)c1csc(C2CCC(C)C2)n1. The minimum atomic E-state index is -0.793. The quantitative estimate of drug-likeness (QED) is 0.880. The summed E-state index contributed by atoms with van der Waals surface area (Å²) in [6.07, 6.45) is 4.87. The van der Waals surface area contributed by atoms with Gasteiger partial charge in [-0.3, -0.25) is 4.79 Å². The summed E-state index contributed by atoms with van der Waals surface area (Å²) in [5.74, 6) is 0.585. The fraction of sp³-hybridized carbons (Fsp3) is 0.733. The molecule has 0 bridgehead atoms. The number of aromatic nitrogens is 1. The van der Waals surface area contributed by atoms with Crippen molar-refractivity contribution in [1.29, 1.82) is 0 Å². The molecule has 0 saturated heterocycles. The van der Waals surface area contributed by atoms with Gasteiger partial charge in [0.05, 0.1) is 10.7 Å². The second kappa shape index (κ2) is 5.61. The van der Waals surface area contributed by atoms with Crippen molar-refractivity contribution in [3.05, 3.63) is 16.1 Å². The van der Waals surface area contributed by atoms with E-state index in [1.54, 1.807) is 11.3 Å². The molecule has 0 amide bonds. The van der Waals surface area contributed by atoms with E-state index in [0.29, 0.717) is 18.8 Å². The summed E-state index contributed by atoms with van der Waals surface area (Å²) in [5.41, 5.74) is -0.0246. The highest BCUT2D eigenvalue weighted by Gasteiger charge is 2.39. The molecule has 0 aliphatic heterocycles. The van der Waals surface area contributed by atoms with Crippen LogP contribution in [0.15, 0.2) is 5.38 Å². The van der Waals surface area contributed by atoms with Crippen LogP contribution in [0.5, 0.6) is 0 Å². The Labute approximate surface area is 119 Å². The van der Waals surface area contributed by atoms with Crippen LogP contribution in [-0.4, -0.2) is 16.1 Å². The number of carboxylic acid groups (broad SMARTS) is 1. The fourth-order valence-corrected chi connectivity index (χ4v) is 4.22. The lowest BCUT2D eigenvalue weighted by Crippen LogP contribution is -2.34. The number of hydrogen-bond donors (Lipinski definition) is 1. The molecule has 2 rings (SSSR count). The Hall–Kier alpha value is -0.900. The van der Waals surface area contributed by atoms with Crippen LogP contribution in [0.1, 0.15) is 69.5 Å². The highest BCUT2D eigenvalue weighted by Crippen LogP contribution is 2.41. The van der Waals surface area contributed by atoms with Crippen LogP contribution >= 0.6 is 11.3 Å². The van der Waals surface area contributed by atoms with Crippen LogP contribution < -0.4 is 0 Å². The Kier molecular flexibility index (Phi) is 4.29. The van der Waals surface area contributed by atoms with Gasteiger partial charge in [0.25, 0.3) is 0 Å². The third-order valence-electron chi connectivity index (χ3n) is 4.67. The van der Waals surface area contributed by atoms with Gasteiger partial charge in [0.1, 0.15) is 5.41 Å². The molecule has 0 radical (unpaired) electrons. The Morgan fingerprint density at radius 1 is 1.47 bits per heavy atom. The van der Waals surface area contributed by atoms with Crippen molar-refractivity contribution >= 4 is 17.3 Å². The second-order valence-corrected chi connectivity index (χ2v) is 6.67. The van der Waals surface area contributed by atoms with E-state index in [2.05, 4.69) is 6.92 Å². The standard InChI is InChI=1S/C15H23NO2S/c1-4-15(5-2,14(17)18)12-9-19-13(16-12)11-7-6-10(3)8-11/h9-11H,4-8H2,1-3H3,(H,17,18). The summed E-state index contributed by atoms with van der Waals surface area (Å²) in [6, 6.07) is 0. The van der Waals surface area contributed by atoms with Crippen LogP contribution in [0.25, 0.3) is 0 Å². The summed E-state index contributed by atoms with van der Waals surface area (Å²) >= 11 is 1.65. The number of nitrogens with zero attached hydrogens (tertiary/aromatic N) is 1. The van der Waals surface area contributed by atoms with E-state index in [1.807, 2.05) is 19.2 Å². The van der Waals surface area contributed by atoms with E-state index in [9.17, 15) is 9.90 Å². The molecule has 1 N–H and O–H groups in total. The lowest BCUT2D eigenvalue weighted by molar-refractivity contribution is -0.144. The summed E-state index contributed by atoms with van der Waals surface area (Å²) in [6.45, 7) is 6.16. The third kappa shape index (κ3) is 2.55. The predicted octanol–water partition coefficient (Wildman–Crippen LogP) is 4.19. The van der Waals surface area contributed by atoms with Crippen LogP contribution in [0, 0.1) is 5.92 Å². The van der Waals surface area contributed by atoms with Crippen molar-refractivity contribution in [2.75, 3.05) is 0 Å². The maximum atomic E-state index is 11.6. The molecule has 1 heterocycles. The van der Waals surface area contributed by atoms with Crippen LogP contribution in [0.3, 0.4) is 0 Å². The number of aliphatic carboxylic acids is 1. The molecular formula is C15H23NO2S. The van der Waals surface area contributed by atoms with Gasteiger partial charge in [0.2, 0.25) is 0 Å². The van der Waals surface area contributed by atoms with Gasteiger partial charge < -0.3 is 5.11 Å². The average molecular weight is 281 g/mol. The zero-order valence-corrected chi connectivity index (χ0v) is 12.8. The molecule has 0 aromatic carbocycles. The van der Waals surface area contributed by atoms with E-state index in [0.717, 1.165) is 16.6 Å². The van der Waals surface area contributed by atoms with E-state index in [1.165, 1.54) is 19.3 Å². The Balaban J connectivity index is 2.26. The average Bonchev–Trinajstić information content (AvgIpc) is 3.00. The Morgan fingerprint density at radius 3 is 2.63 bits per heavy atom. The molecular weight excluding hydrogens is 258 g/mol. The largest absolute Gasteiger partial charge is 0.481 e. The van der Waals surface area contributed by atoms with Gasteiger partial charge in [-0.2, -0.15) is 0 Å². The Bertz CT molecular complexity index is 451. The Morgan fingerprint density at radius 2 is 2.16 bits per heavy atom. The summed E-state index contributed by atoms with van der Waals surface area (Å²) in [7, 11) is 0. The molecule has 2 unspecified atom stereocenters. The van der Waals surface area contributed by atoms with E-state index in [4.69, 9.17) is 4.98 Å². The fourth-order valence-electron chi connectivity index (χ4n) is 3.15. The molecule has 0 spiro atoms. The lowest BCUT2D eigenvalue weighted by atomic mass is 9.80. The van der Waals surface area contributed by atoms with E-state index in [-0.39, 0.29) is 0 Å². The first-order valence-corrected chi connectivity index (χ1v) is 8.10. The predicted molar refractivity (Wildman–Crippen MR) is 77.8 cm³/mol. The van der Waals surface area contributed by atoms with Crippen molar-refractivity contribution in [1.82, 2.24) is 4.98 Å². The second-order valence-electron chi connectivity index (χ2n) is 5.78. The summed E-state index contributed by atoms with van der Waals surface area (Å²) in [5, 5.41) is 12.7. The monoisotopic (exact) mass is 281 g/mol. The molecule has 1 aliphatic carbocycles. The topological polar surface area (TPSA) is 50.2 Å². The molecule has 1 aromatic rings. The smallest absolute Gasteiger partial charge is 0.315 e. The maximum Gasteiger partial charge on any atom is 0.315 e. The third-order valence-corrected chi connectivity index (χ3v) is 5.68. The minimum absolute atomic E-state index is 0.550. The first-order valence-electron chi connectivity index (χ1n) is 7.22. The van der Waals surface area contributed by atoms with Gasteiger partial charge in [-0.15, -0.1) is 11.3 Å². The first kappa shape index (κ1) is 14.5. The first-order chi connectivity index (χ1) is 9.03. The van der Waals surface area contributed by atoms with Gasteiger partial charge in [-0.05, 0) is 31.6 Å². The maximum absolute atomic E-state index is 11.6. The van der Waals surface area contributed by atoms with Crippen LogP contribution in [0.4, 0.5) is 0 Å². The van der Waals surface area contributed by atoms with Crippen molar-refractivity contribution in [2.45, 2.75) is 64.2 Å². The molecule has 19 heavy (non-hydrogen) atoms. The summed E-state index contributed by atoms with van der Waals surface area (Å²) in [4.78, 5) is 16.3. The van der Waals surface area contributed by atoms with Crippen LogP contribution in [-0.2, 0) is 10.2 Å². The lowest BCUT2D eigenvalue weighted by Gasteiger charge is -2.24. The van der Waals surface area contributed by atoms with Crippen molar-refractivity contribution in [3.63, 3.8) is 0 Å². The number of rotatable bonds is 5. The normalized spacial score (nSPS) is 23.7. The van der Waals surface area contributed by atoms with Gasteiger partial charge in [-0.1, -0.05) is 27.2 Å². The highest BCUT2D eigenvalue weighted by molar-refractivity contribution is 7.09. The molecule has 4 heteroatoms. The molecule has 1 saturated carbocycles. The van der Waals surface area contributed by atoms with Gasteiger partial charge in [0.15, 0.2) is 0 Å². The molecule has 1 aromatic heterocycles. The van der Waals surface area contributed by atoms with Crippen molar-refractivity contribution in [2.24, 2.45) is 5.92 Å². The molecule has 2 atom stereocenters. The van der Waals surface area contributed by atoms with E-state index >= 15 is 0 Å². The van der Waals surface area contributed by atoms with E-state index < -0.39 is 11.4 Å².